The number of benzene rings is 2. The standard InChI is InChI=1S/C24H25BrN4O2/c1-16-4-3-5-20(14-16)31-24-22(26-10-11-27-24)29-12-8-18(9-13-29)23(30)28-19-6-7-21(25)17(2)15-19/h3-7,10-11,14-15,18H,8-9,12-13H2,1-2H3,(H,28,30). The number of ether oxygens (including phenoxy) is 1. The fourth-order valence-corrected chi connectivity index (χ4v) is 3.96. The van der Waals surface area contributed by atoms with E-state index in [1.807, 2.05) is 56.3 Å². The first kappa shape index (κ1) is 21.3. The minimum absolute atomic E-state index is 0.0296. The molecule has 3 aromatic rings. The van der Waals surface area contributed by atoms with Crippen LogP contribution in [0.15, 0.2) is 59.3 Å². The Balaban J connectivity index is 1.39. The molecule has 1 aromatic heterocycles. The van der Waals surface area contributed by atoms with Crippen molar-refractivity contribution in [1.29, 1.82) is 0 Å². The summed E-state index contributed by atoms with van der Waals surface area (Å²) in [5, 5.41) is 3.05. The Morgan fingerprint density at radius 2 is 1.87 bits per heavy atom. The van der Waals surface area contributed by atoms with Crippen LogP contribution in [-0.4, -0.2) is 29.0 Å². The summed E-state index contributed by atoms with van der Waals surface area (Å²) in [6.07, 6.45) is 4.81. The molecule has 1 aliphatic rings. The minimum Gasteiger partial charge on any atom is -0.436 e. The summed E-state index contributed by atoms with van der Waals surface area (Å²) in [6, 6.07) is 13.7. The molecule has 2 heterocycles. The number of hydrogen-bond donors (Lipinski definition) is 1. The average Bonchev–Trinajstić information content (AvgIpc) is 2.77. The molecule has 31 heavy (non-hydrogen) atoms. The summed E-state index contributed by atoms with van der Waals surface area (Å²) in [7, 11) is 0. The highest BCUT2D eigenvalue weighted by atomic mass is 79.9. The van der Waals surface area contributed by atoms with Crippen LogP contribution in [0.25, 0.3) is 0 Å². The molecule has 2 aromatic carbocycles. The highest BCUT2D eigenvalue weighted by molar-refractivity contribution is 9.10. The van der Waals surface area contributed by atoms with Gasteiger partial charge in [0.25, 0.3) is 5.88 Å². The largest absolute Gasteiger partial charge is 0.436 e. The molecule has 6 nitrogen and oxygen atoms in total. The molecule has 0 bridgehead atoms. The lowest BCUT2D eigenvalue weighted by Crippen LogP contribution is -2.38. The summed E-state index contributed by atoms with van der Waals surface area (Å²) < 4.78 is 7.05. The van der Waals surface area contributed by atoms with Crippen molar-refractivity contribution >= 4 is 33.3 Å². The second-order valence-corrected chi connectivity index (χ2v) is 8.67. The first-order valence-electron chi connectivity index (χ1n) is 10.4. The van der Waals surface area contributed by atoms with Crippen LogP contribution in [0.1, 0.15) is 24.0 Å². The van der Waals surface area contributed by atoms with Gasteiger partial charge in [0.05, 0.1) is 0 Å². The molecule has 7 heteroatoms. The molecule has 1 fully saturated rings. The van der Waals surface area contributed by atoms with Crippen molar-refractivity contribution < 1.29 is 9.53 Å². The molecule has 0 atom stereocenters. The molecule has 0 spiro atoms. The summed E-state index contributed by atoms with van der Waals surface area (Å²) in [5.74, 6) is 1.98. The Morgan fingerprint density at radius 3 is 2.61 bits per heavy atom. The molecule has 1 saturated heterocycles. The SMILES string of the molecule is Cc1cccc(Oc2nccnc2N2CCC(C(=O)Nc3ccc(Br)c(C)c3)CC2)c1. The van der Waals surface area contributed by atoms with Crippen LogP contribution in [0.3, 0.4) is 0 Å². The van der Waals surface area contributed by atoms with E-state index in [9.17, 15) is 4.79 Å². The lowest BCUT2D eigenvalue weighted by atomic mass is 9.95. The third kappa shape index (κ3) is 5.22. The Kier molecular flexibility index (Phi) is 6.51. The number of carbonyl (C=O) groups is 1. The number of nitrogens with one attached hydrogen (secondary N) is 1. The van der Waals surface area contributed by atoms with Crippen molar-refractivity contribution in [1.82, 2.24) is 9.97 Å². The Hall–Kier alpha value is -2.93. The number of carbonyl (C=O) groups excluding carboxylic acids is 1. The lowest BCUT2D eigenvalue weighted by molar-refractivity contribution is -0.120. The number of aromatic nitrogens is 2. The van der Waals surface area contributed by atoms with E-state index < -0.39 is 0 Å². The van der Waals surface area contributed by atoms with Gasteiger partial charge in [-0.05, 0) is 68.1 Å². The fourth-order valence-electron chi connectivity index (χ4n) is 3.72. The number of aryl methyl sites for hydroxylation is 2. The van der Waals surface area contributed by atoms with Crippen molar-refractivity contribution in [2.45, 2.75) is 26.7 Å². The van der Waals surface area contributed by atoms with Gasteiger partial charge in [-0.3, -0.25) is 4.79 Å². The van der Waals surface area contributed by atoms with Gasteiger partial charge >= 0.3 is 0 Å². The number of nitrogens with zero attached hydrogens (tertiary/aromatic N) is 3. The second kappa shape index (κ2) is 9.47. The van der Waals surface area contributed by atoms with Crippen molar-refractivity contribution in [2.24, 2.45) is 5.92 Å². The topological polar surface area (TPSA) is 67.4 Å². The van der Waals surface area contributed by atoms with E-state index in [4.69, 9.17) is 4.74 Å². The summed E-state index contributed by atoms with van der Waals surface area (Å²) in [6.45, 7) is 5.48. The van der Waals surface area contributed by atoms with E-state index in [2.05, 4.69) is 36.1 Å². The van der Waals surface area contributed by atoms with Crippen molar-refractivity contribution in [3.63, 3.8) is 0 Å². The molecule has 0 unspecified atom stereocenters. The van der Waals surface area contributed by atoms with Crippen LogP contribution in [0, 0.1) is 19.8 Å². The Labute approximate surface area is 190 Å². The van der Waals surface area contributed by atoms with E-state index in [0.717, 1.165) is 53.0 Å². The predicted molar refractivity (Wildman–Crippen MR) is 126 cm³/mol. The average molecular weight is 481 g/mol. The van der Waals surface area contributed by atoms with Crippen LogP contribution in [0.5, 0.6) is 11.6 Å². The van der Waals surface area contributed by atoms with Gasteiger partial charge in [0, 0.05) is 41.6 Å². The number of hydrogen-bond acceptors (Lipinski definition) is 5. The maximum atomic E-state index is 12.8. The molecular weight excluding hydrogens is 456 g/mol. The van der Waals surface area contributed by atoms with Gasteiger partial charge in [-0.25, -0.2) is 9.97 Å². The second-order valence-electron chi connectivity index (χ2n) is 7.82. The molecule has 0 radical (unpaired) electrons. The summed E-state index contributed by atoms with van der Waals surface area (Å²) in [5.41, 5.74) is 3.04. The van der Waals surface area contributed by atoms with E-state index in [1.54, 1.807) is 12.4 Å². The highest BCUT2D eigenvalue weighted by Gasteiger charge is 2.27. The van der Waals surface area contributed by atoms with Gasteiger partial charge in [0.1, 0.15) is 5.75 Å². The van der Waals surface area contributed by atoms with Crippen molar-refractivity contribution in [3.8, 4) is 11.6 Å². The first-order valence-corrected chi connectivity index (χ1v) is 11.2. The van der Waals surface area contributed by atoms with E-state index in [1.165, 1.54) is 0 Å². The summed E-state index contributed by atoms with van der Waals surface area (Å²) in [4.78, 5) is 23.8. The normalized spacial score (nSPS) is 14.4. The van der Waals surface area contributed by atoms with Gasteiger partial charge < -0.3 is 15.0 Å². The molecule has 1 N–H and O–H groups in total. The predicted octanol–water partition coefficient (Wildman–Crippen LogP) is 5.50. The van der Waals surface area contributed by atoms with Gasteiger partial charge in [-0.2, -0.15) is 0 Å². The van der Waals surface area contributed by atoms with Crippen LogP contribution >= 0.6 is 15.9 Å². The Morgan fingerprint density at radius 1 is 1.10 bits per heavy atom. The molecular formula is C24H25BrN4O2. The zero-order chi connectivity index (χ0) is 21.8. The third-order valence-electron chi connectivity index (χ3n) is 5.44. The Bertz CT molecular complexity index is 1080. The van der Waals surface area contributed by atoms with Gasteiger partial charge in [0.2, 0.25) is 5.91 Å². The highest BCUT2D eigenvalue weighted by Crippen LogP contribution is 2.31. The first-order chi connectivity index (χ1) is 15.0. The fraction of sp³-hybridized carbons (Fsp3) is 0.292. The van der Waals surface area contributed by atoms with Crippen molar-refractivity contribution in [3.05, 3.63) is 70.5 Å². The van der Waals surface area contributed by atoms with E-state index >= 15 is 0 Å². The molecule has 160 valence electrons. The maximum Gasteiger partial charge on any atom is 0.263 e. The van der Waals surface area contributed by atoms with Gasteiger partial charge in [0.15, 0.2) is 5.82 Å². The molecule has 1 amide bonds. The number of rotatable bonds is 5. The van der Waals surface area contributed by atoms with Crippen molar-refractivity contribution in [2.75, 3.05) is 23.3 Å². The molecule has 4 rings (SSSR count). The maximum absolute atomic E-state index is 12.8. The minimum atomic E-state index is -0.0296. The smallest absolute Gasteiger partial charge is 0.263 e. The number of halogens is 1. The van der Waals surface area contributed by atoms with Gasteiger partial charge in [-0.15, -0.1) is 0 Å². The van der Waals surface area contributed by atoms with Crippen LogP contribution in [0.4, 0.5) is 11.5 Å². The van der Waals surface area contributed by atoms with Gasteiger partial charge in [-0.1, -0.05) is 28.1 Å². The van der Waals surface area contributed by atoms with Crippen LogP contribution in [-0.2, 0) is 4.79 Å². The molecule has 0 aliphatic carbocycles. The zero-order valence-electron chi connectivity index (χ0n) is 17.6. The monoisotopic (exact) mass is 480 g/mol. The quantitative estimate of drug-likeness (QED) is 0.521. The van der Waals surface area contributed by atoms with E-state index in [0.29, 0.717) is 11.7 Å². The molecule has 1 aliphatic heterocycles. The summed E-state index contributed by atoms with van der Waals surface area (Å²) >= 11 is 3.49. The zero-order valence-corrected chi connectivity index (χ0v) is 19.2. The van der Waals surface area contributed by atoms with Crippen LogP contribution in [0.2, 0.25) is 0 Å². The third-order valence-corrected chi connectivity index (χ3v) is 6.33. The lowest BCUT2D eigenvalue weighted by Gasteiger charge is -2.32. The molecule has 0 saturated carbocycles. The number of piperidine rings is 1. The van der Waals surface area contributed by atoms with E-state index in [-0.39, 0.29) is 11.8 Å². The number of anilines is 2. The van der Waals surface area contributed by atoms with Crippen LogP contribution < -0.4 is 15.0 Å². The number of amides is 1.